The van der Waals surface area contributed by atoms with Crippen molar-refractivity contribution < 1.29 is 0 Å². The zero-order valence-electron chi connectivity index (χ0n) is 34.1. The summed E-state index contributed by atoms with van der Waals surface area (Å²) in [5.74, 6) is 0. The first-order valence-electron chi connectivity index (χ1n) is 21.3. The molecular weight excluding hydrogens is 749 g/mol. The maximum atomic E-state index is 2.37. The van der Waals surface area contributed by atoms with E-state index >= 15 is 0 Å². The lowest BCUT2D eigenvalue weighted by Gasteiger charge is -2.26. The van der Waals surface area contributed by atoms with Crippen LogP contribution < -0.4 is 4.90 Å². The third-order valence-corrected chi connectivity index (χ3v) is 12.0. The Morgan fingerprint density at radius 3 is 1.13 bits per heavy atom. The normalized spacial score (nSPS) is 11.2. The van der Waals surface area contributed by atoms with Crippen molar-refractivity contribution in [1.82, 2.24) is 4.57 Å². The molecule has 0 saturated heterocycles. The molecule has 0 unspecified atom stereocenters. The van der Waals surface area contributed by atoms with Crippen LogP contribution in [0.4, 0.5) is 17.1 Å². The molecule has 0 radical (unpaired) electrons. The summed E-state index contributed by atoms with van der Waals surface area (Å²) < 4.78 is 2.37. The number of aromatic nitrogens is 1. The number of fused-ring (bicyclic) bond motifs is 3. The topological polar surface area (TPSA) is 8.17 Å². The van der Waals surface area contributed by atoms with Gasteiger partial charge in [0, 0.05) is 33.5 Å². The standard InChI is InChI=1S/C60H42N2/c1-4-17-43(18-5-1)44-31-35-48(36-32-44)61(50-39-41-51(42-40-50)62-58-29-14-12-24-55(58)56-25-13-15-30-59(56)62)49-37-33-47(34-38-49)54-28-16-27-53(46-21-8-3-9-22-46)60(54)57-26-11-10-23-52(57)45-19-6-2-7-20-45/h1-42H. The smallest absolute Gasteiger partial charge is 0.0541 e. The number of nitrogens with zero attached hydrogens (tertiary/aromatic N) is 2. The number of benzene rings is 10. The molecule has 0 N–H and O–H groups in total. The number of para-hydroxylation sites is 2. The Balaban J connectivity index is 1.03. The van der Waals surface area contributed by atoms with Gasteiger partial charge in [-0.1, -0.05) is 194 Å². The molecule has 0 saturated carbocycles. The van der Waals surface area contributed by atoms with Crippen LogP contribution in [0, 0.1) is 0 Å². The van der Waals surface area contributed by atoms with Crippen LogP contribution in [-0.4, -0.2) is 4.57 Å². The van der Waals surface area contributed by atoms with Crippen molar-refractivity contribution in [2.75, 3.05) is 4.90 Å². The van der Waals surface area contributed by atoms with E-state index in [9.17, 15) is 0 Å². The molecule has 1 heterocycles. The molecule has 11 rings (SSSR count). The van der Waals surface area contributed by atoms with Gasteiger partial charge in [-0.3, -0.25) is 0 Å². The summed E-state index contributed by atoms with van der Waals surface area (Å²) in [6, 6.07) is 92.0. The van der Waals surface area contributed by atoms with Gasteiger partial charge in [0.05, 0.1) is 11.0 Å². The summed E-state index contributed by atoms with van der Waals surface area (Å²) in [5.41, 5.74) is 18.8. The van der Waals surface area contributed by atoms with Crippen molar-refractivity contribution in [3.05, 3.63) is 255 Å². The van der Waals surface area contributed by atoms with Gasteiger partial charge in [0.2, 0.25) is 0 Å². The summed E-state index contributed by atoms with van der Waals surface area (Å²) >= 11 is 0. The second-order valence-electron chi connectivity index (χ2n) is 15.7. The summed E-state index contributed by atoms with van der Waals surface area (Å²) in [6.45, 7) is 0. The molecule has 292 valence electrons. The molecule has 1 aromatic heterocycles. The second-order valence-corrected chi connectivity index (χ2v) is 15.7. The molecule has 0 fully saturated rings. The number of hydrogen-bond donors (Lipinski definition) is 0. The minimum Gasteiger partial charge on any atom is -0.311 e. The quantitative estimate of drug-likeness (QED) is 0.141. The Labute approximate surface area is 362 Å². The van der Waals surface area contributed by atoms with Crippen LogP contribution in [0.3, 0.4) is 0 Å². The fourth-order valence-corrected chi connectivity index (χ4v) is 9.13. The van der Waals surface area contributed by atoms with E-state index in [1.54, 1.807) is 0 Å². The summed E-state index contributed by atoms with van der Waals surface area (Å²) in [7, 11) is 0. The van der Waals surface area contributed by atoms with Crippen LogP contribution in [0.1, 0.15) is 0 Å². The van der Waals surface area contributed by atoms with Crippen molar-refractivity contribution in [3.63, 3.8) is 0 Å². The van der Waals surface area contributed by atoms with Crippen LogP contribution >= 0.6 is 0 Å². The van der Waals surface area contributed by atoms with E-state index in [1.807, 2.05) is 0 Å². The van der Waals surface area contributed by atoms with Gasteiger partial charge in [0.15, 0.2) is 0 Å². The molecule has 0 bridgehead atoms. The lowest BCUT2D eigenvalue weighted by Crippen LogP contribution is -2.10. The van der Waals surface area contributed by atoms with E-state index in [-0.39, 0.29) is 0 Å². The highest BCUT2D eigenvalue weighted by Gasteiger charge is 2.20. The second kappa shape index (κ2) is 16.1. The molecule has 2 nitrogen and oxygen atoms in total. The highest BCUT2D eigenvalue weighted by Crippen LogP contribution is 2.45. The molecular formula is C60H42N2. The van der Waals surface area contributed by atoms with Crippen LogP contribution in [0.15, 0.2) is 255 Å². The molecule has 10 aromatic carbocycles. The lowest BCUT2D eigenvalue weighted by molar-refractivity contribution is 1.17. The van der Waals surface area contributed by atoms with Gasteiger partial charge in [0.25, 0.3) is 0 Å². The van der Waals surface area contributed by atoms with Crippen molar-refractivity contribution >= 4 is 38.9 Å². The van der Waals surface area contributed by atoms with Crippen molar-refractivity contribution in [1.29, 1.82) is 0 Å². The Morgan fingerprint density at radius 1 is 0.242 bits per heavy atom. The van der Waals surface area contributed by atoms with E-state index in [1.165, 1.54) is 71.9 Å². The Bertz CT molecular complexity index is 3240. The molecule has 11 aromatic rings. The summed E-state index contributed by atoms with van der Waals surface area (Å²) in [5, 5.41) is 2.52. The predicted molar refractivity (Wildman–Crippen MR) is 263 cm³/mol. The minimum atomic E-state index is 1.08. The summed E-state index contributed by atoms with van der Waals surface area (Å²) in [4.78, 5) is 2.36. The minimum absolute atomic E-state index is 1.08. The van der Waals surface area contributed by atoms with E-state index < -0.39 is 0 Å². The molecule has 2 heteroatoms. The first kappa shape index (κ1) is 36.8. The van der Waals surface area contributed by atoms with Crippen molar-refractivity contribution in [2.24, 2.45) is 0 Å². The van der Waals surface area contributed by atoms with Crippen molar-refractivity contribution in [3.8, 4) is 61.3 Å². The first-order chi connectivity index (χ1) is 30.8. The molecule has 0 amide bonds. The monoisotopic (exact) mass is 790 g/mol. The largest absolute Gasteiger partial charge is 0.311 e. The number of hydrogen-bond acceptors (Lipinski definition) is 1. The van der Waals surface area contributed by atoms with Gasteiger partial charge in [0.1, 0.15) is 0 Å². The number of rotatable bonds is 9. The molecule has 62 heavy (non-hydrogen) atoms. The molecule has 0 aliphatic heterocycles. The van der Waals surface area contributed by atoms with Gasteiger partial charge in [-0.05, 0) is 116 Å². The van der Waals surface area contributed by atoms with Crippen LogP contribution in [0.5, 0.6) is 0 Å². The lowest BCUT2D eigenvalue weighted by atomic mass is 9.84. The van der Waals surface area contributed by atoms with Gasteiger partial charge in [-0.25, -0.2) is 0 Å². The number of anilines is 3. The zero-order valence-corrected chi connectivity index (χ0v) is 34.1. The summed E-state index contributed by atoms with van der Waals surface area (Å²) in [6.07, 6.45) is 0. The zero-order chi connectivity index (χ0) is 41.2. The van der Waals surface area contributed by atoms with Crippen molar-refractivity contribution in [2.45, 2.75) is 0 Å². The highest BCUT2D eigenvalue weighted by atomic mass is 15.1. The SMILES string of the molecule is c1ccc(-c2ccc(N(c3ccc(-c4cccc(-c5ccccc5)c4-c4ccccc4-c4ccccc4)cc3)c3ccc(-n4c5ccccc5c5ccccc54)cc3)cc2)cc1. The highest BCUT2D eigenvalue weighted by molar-refractivity contribution is 6.09. The molecule has 0 atom stereocenters. The van der Waals surface area contributed by atoms with Crippen LogP contribution in [0.25, 0.3) is 83.1 Å². The van der Waals surface area contributed by atoms with Gasteiger partial charge < -0.3 is 9.47 Å². The maximum Gasteiger partial charge on any atom is 0.0541 e. The maximum absolute atomic E-state index is 2.37. The first-order valence-corrected chi connectivity index (χ1v) is 21.3. The third-order valence-electron chi connectivity index (χ3n) is 12.0. The fraction of sp³-hybridized carbons (Fsp3) is 0. The van der Waals surface area contributed by atoms with Gasteiger partial charge in [-0.15, -0.1) is 0 Å². The van der Waals surface area contributed by atoms with E-state index in [2.05, 4.69) is 264 Å². The van der Waals surface area contributed by atoms with Gasteiger partial charge >= 0.3 is 0 Å². The van der Waals surface area contributed by atoms with Crippen LogP contribution in [0.2, 0.25) is 0 Å². The van der Waals surface area contributed by atoms with Gasteiger partial charge in [-0.2, -0.15) is 0 Å². The fourth-order valence-electron chi connectivity index (χ4n) is 9.13. The Hall–Kier alpha value is -8.20. The molecule has 0 aliphatic rings. The third kappa shape index (κ3) is 6.74. The predicted octanol–water partition coefficient (Wildman–Crippen LogP) is 16.6. The Kier molecular flexibility index (Phi) is 9.57. The average Bonchev–Trinajstić information content (AvgIpc) is 3.70. The van der Waals surface area contributed by atoms with Crippen LogP contribution in [-0.2, 0) is 0 Å². The van der Waals surface area contributed by atoms with E-state index in [0.717, 1.165) is 28.3 Å². The molecule has 0 aliphatic carbocycles. The van der Waals surface area contributed by atoms with E-state index in [0.29, 0.717) is 0 Å². The van der Waals surface area contributed by atoms with E-state index in [4.69, 9.17) is 0 Å². The molecule has 0 spiro atoms. The average molecular weight is 791 g/mol. The Morgan fingerprint density at radius 2 is 0.597 bits per heavy atom.